The van der Waals surface area contributed by atoms with Gasteiger partial charge in [-0.2, -0.15) is 5.06 Å². The van der Waals surface area contributed by atoms with Gasteiger partial charge in [0.25, 0.3) is 5.91 Å². The van der Waals surface area contributed by atoms with Crippen LogP contribution in [0.25, 0.3) is 11.1 Å². The van der Waals surface area contributed by atoms with Crippen LogP contribution in [0.15, 0.2) is 36.4 Å². The highest BCUT2D eigenvalue weighted by atomic mass is 16.7. The van der Waals surface area contributed by atoms with Crippen LogP contribution < -0.4 is 20.3 Å². The number of carbonyl (C=O) groups is 2. The molecule has 11 heteroatoms. The fourth-order valence-corrected chi connectivity index (χ4v) is 9.05. The summed E-state index contributed by atoms with van der Waals surface area (Å²) >= 11 is 0. The van der Waals surface area contributed by atoms with Crippen molar-refractivity contribution >= 4 is 17.5 Å². The van der Waals surface area contributed by atoms with Crippen LogP contribution in [-0.4, -0.2) is 111 Å². The maximum absolute atomic E-state index is 14.2. The number of para-hydroxylation sites is 1. The number of methoxy groups -OCH3 is 1. The number of aliphatic hydroxyl groups is 2. The summed E-state index contributed by atoms with van der Waals surface area (Å²) in [5.41, 5.74) is 4.06. The van der Waals surface area contributed by atoms with Crippen LogP contribution in [-0.2, 0) is 16.2 Å². The van der Waals surface area contributed by atoms with Gasteiger partial charge in [0, 0.05) is 61.0 Å². The Morgan fingerprint density at radius 2 is 1.81 bits per heavy atom. The summed E-state index contributed by atoms with van der Waals surface area (Å²) in [5.74, 6) is 1.33. The van der Waals surface area contributed by atoms with Crippen LogP contribution >= 0.6 is 0 Å². The number of carbonyl (C=O) groups excluding carboxylic acids is 2. The van der Waals surface area contributed by atoms with E-state index in [4.69, 9.17) is 9.57 Å². The van der Waals surface area contributed by atoms with E-state index in [1.165, 1.54) is 6.42 Å². The van der Waals surface area contributed by atoms with Crippen LogP contribution in [0.5, 0.6) is 5.75 Å². The molecule has 1 aliphatic heterocycles. The van der Waals surface area contributed by atoms with Gasteiger partial charge < -0.3 is 35.4 Å². The fraction of sp³-hybridized carbons (Fsp3) is 0.659. The number of amides is 2. The van der Waals surface area contributed by atoms with Crippen molar-refractivity contribution in [2.45, 2.75) is 91.3 Å². The normalized spacial score (nSPS) is 27.9. The summed E-state index contributed by atoms with van der Waals surface area (Å²) in [6, 6.07) is 10.8. The van der Waals surface area contributed by atoms with Gasteiger partial charge in [0.2, 0.25) is 5.91 Å². The Balaban J connectivity index is 1.45. The second kappa shape index (κ2) is 16.0. The molecule has 1 saturated heterocycles. The molecule has 0 unspecified atom stereocenters. The predicted molar refractivity (Wildman–Crippen MR) is 205 cm³/mol. The number of hydrogen-bond donors (Lipinski definition) is 4. The molecule has 2 amide bonds. The standard InChI is InChI=1S/C41H63N5O6/c1-23(2)34(21-44(7)8)43-39(49)28-15-27(16-30(17-28)45(9)10)31-14-12-13-26(38(31)51-11)20-46-37(36(25(4)48)35(22-47)52-46)40(50)42-33-19-29-18-32(24(33)3)41(29,5)6/h12-17,23-25,29,32-37,47-48H,18-22H2,1-11H3,(H,42,50)(H,43,49)/t24-,25-,29+,32+,33-,34-,35-,36-,37-/m0/s1. The van der Waals surface area contributed by atoms with E-state index >= 15 is 0 Å². The average molecular weight is 722 g/mol. The van der Waals surface area contributed by atoms with Gasteiger partial charge in [0.05, 0.1) is 26.4 Å². The molecule has 0 spiro atoms. The molecule has 11 nitrogen and oxygen atoms in total. The van der Waals surface area contributed by atoms with Gasteiger partial charge >= 0.3 is 0 Å². The van der Waals surface area contributed by atoms with Gasteiger partial charge in [-0.25, -0.2) is 0 Å². The zero-order chi connectivity index (χ0) is 38.2. The quantitative estimate of drug-likeness (QED) is 0.225. The van der Waals surface area contributed by atoms with Crippen molar-refractivity contribution in [2.75, 3.05) is 53.4 Å². The van der Waals surface area contributed by atoms with Crippen LogP contribution in [0.2, 0.25) is 0 Å². The third-order valence-corrected chi connectivity index (χ3v) is 12.4. The number of hydroxylamine groups is 2. The number of rotatable bonds is 14. The number of benzene rings is 2. The lowest BCUT2D eigenvalue weighted by Gasteiger charge is -2.62. The summed E-state index contributed by atoms with van der Waals surface area (Å²) in [5, 5.41) is 29.5. The van der Waals surface area contributed by atoms with Crippen molar-refractivity contribution in [1.82, 2.24) is 20.6 Å². The van der Waals surface area contributed by atoms with Crippen molar-refractivity contribution in [1.29, 1.82) is 0 Å². The molecule has 6 rings (SSSR count). The van der Waals surface area contributed by atoms with Crippen molar-refractivity contribution in [3.63, 3.8) is 0 Å². The molecule has 0 radical (unpaired) electrons. The molecule has 4 N–H and O–H groups in total. The fourth-order valence-electron chi connectivity index (χ4n) is 9.05. The molecule has 3 aliphatic carbocycles. The molecular formula is C41H63N5O6. The van der Waals surface area contributed by atoms with E-state index in [2.05, 4.69) is 50.2 Å². The van der Waals surface area contributed by atoms with Crippen LogP contribution in [0, 0.1) is 35.0 Å². The van der Waals surface area contributed by atoms with Gasteiger partial charge in [0.1, 0.15) is 17.9 Å². The minimum absolute atomic E-state index is 0.0236. The average Bonchev–Trinajstić information content (AvgIpc) is 3.46. The lowest BCUT2D eigenvalue weighted by molar-refractivity contribution is -0.183. The molecule has 2 aromatic carbocycles. The summed E-state index contributed by atoms with van der Waals surface area (Å²) < 4.78 is 6.08. The van der Waals surface area contributed by atoms with Crippen LogP contribution in [0.3, 0.4) is 0 Å². The first-order valence-electron chi connectivity index (χ1n) is 18.9. The number of fused-ring (bicyclic) bond motifs is 2. The topological polar surface area (TPSA) is 127 Å². The predicted octanol–water partition coefficient (Wildman–Crippen LogP) is 4.40. The maximum atomic E-state index is 14.2. The lowest BCUT2D eigenvalue weighted by atomic mass is 9.45. The summed E-state index contributed by atoms with van der Waals surface area (Å²) in [6.45, 7) is 13.3. The first-order chi connectivity index (χ1) is 24.5. The Bertz CT molecular complexity index is 1580. The highest BCUT2D eigenvalue weighted by Gasteiger charge is 2.57. The monoisotopic (exact) mass is 721 g/mol. The number of nitrogens with one attached hydrogen (secondary N) is 2. The van der Waals surface area contributed by atoms with Gasteiger partial charge in [-0.1, -0.05) is 52.8 Å². The third kappa shape index (κ3) is 7.99. The zero-order valence-electron chi connectivity index (χ0n) is 33.1. The minimum atomic E-state index is -0.895. The molecule has 52 heavy (non-hydrogen) atoms. The zero-order valence-corrected chi connectivity index (χ0v) is 33.1. The Kier molecular flexibility index (Phi) is 12.3. The van der Waals surface area contributed by atoms with E-state index in [0.29, 0.717) is 29.1 Å². The molecule has 288 valence electrons. The minimum Gasteiger partial charge on any atom is -0.496 e. The lowest BCUT2D eigenvalue weighted by Crippen LogP contribution is -2.62. The Hall–Kier alpha value is -3.22. The smallest absolute Gasteiger partial charge is 0.251 e. The van der Waals surface area contributed by atoms with Crippen molar-refractivity contribution in [3.8, 4) is 16.9 Å². The first-order valence-corrected chi connectivity index (χ1v) is 18.9. The summed E-state index contributed by atoms with van der Waals surface area (Å²) in [6.07, 6.45) is 0.494. The van der Waals surface area contributed by atoms with E-state index < -0.39 is 24.2 Å². The second-order valence-corrected chi connectivity index (χ2v) is 17.0. The van der Waals surface area contributed by atoms with Gasteiger partial charge in [-0.15, -0.1) is 0 Å². The van der Waals surface area contributed by atoms with E-state index in [0.717, 1.165) is 35.3 Å². The largest absolute Gasteiger partial charge is 0.496 e. The van der Waals surface area contributed by atoms with Gasteiger partial charge in [-0.3, -0.25) is 14.4 Å². The summed E-state index contributed by atoms with van der Waals surface area (Å²) in [7, 11) is 9.51. The Labute approximate surface area is 311 Å². The molecule has 4 aliphatic rings. The molecule has 2 bridgehead atoms. The van der Waals surface area contributed by atoms with Gasteiger partial charge in [-0.05, 0) is 86.7 Å². The van der Waals surface area contributed by atoms with Gasteiger partial charge in [0.15, 0.2) is 0 Å². The van der Waals surface area contributed by atoms with Crippen LogP contribution in [0.1, 0.15) is 70.3 Å². The number of anilines is 1. The number of nitrogens with zero attached hydrogens (tertiary/aromatic N) is 3. The molecule has 0 aromatic heterocycles. The first kappa shape index (κ1) is 40.0. The maximum Gasteiger partial charge on any atom is 0.251 e. The molecule has 2 aromatic rings. The Morgan fingerprint density at radius 1 is 1.10 bits per heavy atom. The highest BCUT2D eigenvalue weighted by Crippen LogP contribution is 2.61. The number of hydrogen-bond acceptors (Lipinski definition) is 9. The molecule has 3 saturated carbocycles. The summed E-state index contributed by atoms with van der Waals surface area (Å²) in [4.78, 5) is 38.3. The van der Waals surface area contributed by atoms with E-state index in [1.54, 1.807) is 19.1 Å². The highest BCUT2D eigenvalue weighted by molar-refractivity contribution is 5.97. The van der Waals surface area contributed by atoms with Crippen LogP contribution in [0.4, 0.5) is 5.69 Å². The number of likely N-dealkylation sites (N-methyl/N-ethyl adjacent to an activating group) is 1. The number of ether oxygens (including phenoxy) is 1. The van der Waals surface area contributed by atoms with Crippen molar-refractivity contribution < 1.29 is 29.4 Å². The van der Waals surface area contributed by atoms with E-state index in [-0.39, 0.29) is 48.4 Å². The van der Waals surface area contributed by atoms with E-state index in [1.807, 2.05) is 69.5 Å². The molecule has 9 atom stereocenters. The molecular weight excluding hydrogens is 658 g/mol. The van der Waals surface area contributed by atoms with Crippen molar-refractivity contribution in [2.24, 2.45) is 35.0 Å². The third-order valence-electron chi connectivity index (χ3n) is 12.4. The molecule has 1 heterocycles. The second-order valence-electron chi connectivity index (χ2n) is 17.0. The molecule has 4 fully saturated rings. The SMILES string of the molecule is COc1c(CN2O[C@@H](CO)[C@H]([C@H](C)O)[C@H]2C(=O)N[C@H]2C[C@H]3C[C@H]([C@@H]2C)C3(C)C)cccc1-c1cc(C(=O)N[C@@H](CN(C)C)C(C)C)cc(N(C)C)c1. The Morgan fingerprint density at radius 3 is 2.37 bits per heavy atom. The number of aliphatic hydroxyl groups excluding tert-OH is 2. The van der Waals surface area contributed by atoms with E-state index in [9.17, 15) is 19.8 Å². The van der Waals surface area contributed by atoms with Crippen molar-refractivity contribution in [3.05, 3.63) is 47.5 Å².